The van der Waals surface area contributed by atoms with E-state index in [4.69, 9.17) is 10.5 Å². The van der Waals surface area contributed by atoms with Crippen LogP contribution < -0.4 is 10.5 Å². The SMILES string of the molecule is CC(c1cccc(OCC=CCN)c1)N1CCCC1. The van der Waals surface area contributed by atoms with E-state index in [-0.39, 0.29) is 0 Å². The highest BCUT2D eigenvalue weighted by Gasteiger charge is 2.19. The van der Waals surface area contributed by atoms with Crippen molar-refractivity contribution in [3.8, 4) is 5.75 Å². The highest BCUT2D eigenvalue weighted by molar-refractivity contribution is 5.30. The van der Waals surface area contributed by atoms with Crippen LogP contribution in [0.5, 0.6) is 5.75 Å². The molecule has 104 valence electrons. The molecule has 2 N–H and O–H groups in total. The van der Waals surface area contributed by atoms with Gasteiger partial charge in [0.2, 0.25) is 0 Å². The molecule has 0 aromatic heterocycles. The summed E-state index contributed by atoms with van der Waals surface area (Å²) in [5.74, 6) is 0.935. The highest BCUT2D eigenvalue weighted by Crippen LogP contribution is 2.26. The van der Waals surface area contributed by atoms with E-state index in [0.29, 0.717) is 19.2 Å². The predicted molar refractivity (Wildman–Crippen MR) is 79.4 cm³/mol. The molecule has 3 heteroatoms. The molecule has 1 saturated heterocycles. The van der Waals surface area contributed by atoms with Crippen molar-refractivity contribution in [3.05, 3.63) is 42.0 Å². The summed E-state index contributed by atoms with van der Waals surface area (Å²) < 4.78 is 5.70. The Hall–Kier alpha value is -1.32. The first-order valence-electron chi connectivity index (χ1n) is 7.13. The average molecular weight is 260 g/mol. The minimum absolute atomic E-state index is 0.477. The Balaban J connectivity index is 1.95. The van der Waals surface area contributed by atoms with Gasteiger partial charge in [0.05, 0.1) is 0 Å². The maximum Gasteiger partial charge on any atom is 0.120 e. The van der Waals surface area contributed by atoms with Crippen molar-refractivity contribution in [1.29, 1.82) is 0 Å². The van der Waals surface area contributed by atoms with Gasteiger partial charge in [0.25, 0.3) is 0 Å². The zero-order valence-corrected chi connectivity index (χ0v) is 11.7. The largest absolute Gasteiger partial charge is 0.490 e. The van der Waals surface area contributed by atoms with Crippen LogP contribution in [-0.2, 0) is 0 Å². The van der Waals surface area contributed by atoms with Gasteiger partial charge < -0.3 is 10.5 Å². The van der Waals surface area contributed by atoms with Gasteiger partial charge >= 0.3 is 0 Å². The molecular formula is C16H24N2O. The van der Waals surface area contributed by atoms with Crippen molar-refractivity contribution in [2.75, 3.05) is 26.2 Å². The van der Waals surface area contributed by atoms with Gasteiger partial charge in [-0.15, -0.1) is 0 Å². The third-order valence-electron chi connectivity index (χ3n) is 3.68. The van der Waals surface area contributed by atoms with Crippen molar-refractivity contribution >= 4 is 0 Å². The van der Waals surface area contributed by atoms with Crippen LogP contribution in [0.2, 0.25) is 0 Å². The summed E-state index contributed by atoms with van der Waals surface area (Å²) in [5.41, 5.74) is 6.73. The lowest BCUT2D eigenvalue weighted by atomic mass is 10.1. The predicted octanol–water partition coefficient (Wildman–Crippen LogP) is 2.74. The Bertz CT molecular complexity index is 411. The summed E-state index contributed by atoms with van der Waals surface area (Å²) in [5, 5.41) is 0. The zero-order chi connectivity index (χ0) is 13.5. The minimum Gasteiger partial charge on any atom is -0.490 e. The molecule has 2 rings (SSSR count). The maximum absolute atomic E-state index is 5.70. The summed E-state index contributed by atoms with van der Waals surface area (Å²) in [6.07, 6.45) is 6.52. The normalized spacial score (nSPS) is 18.0. The fourth-order valence-corrected chi connectivity index (χ4v) is 2.51. The molecule has 1 aliphatic heterocycles. The maximum atomic E-state index is 5.70. The van der Waals surface area contributed by atoms with E-state index in [0.717, 1.165) is 5.75 Å². The molecule has 0 spiro atoms. The Morgan fingerprint density at radius 3 is 2.84 bits per heavy atom. The van der Waals surface area contributed by atoms with E-state index in [1.54, 1.807) is 0 Å². The van der Waals surface area contributed by atoms with Crippen molar-refractivity contribution in [2.24, 2.45) is 5.73 Å². The van der Waals surface area contributed by atoms with Crippen molar-refractivity contribution in [1.82, 2.24) is 4.90 Å². The summed E-state index contributed by atoms with van der Waals surface area (Å²) in [7, 11) is 0. The number of likely N-dealkylation sites (tertiary alicyclic amines) is 1. The molecular weight excluding hydrogens is 236 g/mol. The summed E-state index contributed by atoms with van der Waals surface area (Å²) in [4.78, 5) is 2.54. The van der Waals surface area contributed by atoms with Crippen LogP contribution in [0.3, 0.4) is 0 Å². The Morgan fingerprint density at radius 1 is 1.32 bits per heavy atom. The number of ether oxygens (including phenoxy) is 1. The fourth-order valence-electron chi connectivity index (χ4n) is 2.51. The third kappa shape index (κ3) is 4.08. The van der Waals surface area contributed by atoms with E-state index in [9.17, 15) is 0 Å². The van der Waals surface area contributed by atoms with Crippen LogP contribution in [0.15, 0.2) is 36.4 Å². The van der Waals surface area contributed by atoms with Gasteiger partial charge in [-0.05, 0) is 50.6 Å². The molecule has 1 aliphatic rings. The second-order valence-corrected chi connectivity index (χ2v) is 5.01. The highest BCUT2D eigenvalue weighted by atomic mass is 16.5. The molecule has 0 radical (unpaired) electrons. The third-order valence-corrected chi connectivity index (χ3v) is 3.68. The van der Waals surface area contributed by atoms with E-state index >= 15 is 0 Å². The van der Waals surface area contributed by atoms with Gasteiger partial charge in [0, 0.05) is 12.6 Å². The van der Waals surface area contributed by atoms with Crippen molar-refractivity contribution in [2.45, 2.75) is 25.8 Å². The zero-order valence-electron chi connectivity index (χ0n) is 11.7. The molecule has 1 atom stereocenters. The Kier molecular flexibility index (Phi) is 5.43. The van der Waals surface area contributed by atoms with Crippen LogP contribution in [-0.4, -0.2) is 31.1 Å². The second kappa shape index (κ2) is 7.31. The molecule has 0 bridgehead atoms. The molecule has 0 saturated carbocycles. The molecule has 1 heterocycles. The average Bonchev–Trinajstić information content (AvgIpc) is 2.97. The number of rotatable bonds is 6. The molecule has 3 nitrogen and oxygen atoms in total. The van der Waals surface area contributed by atoms with Crippen LogP contribution >= 0.6 is 0 Å². The number of nitrogens with zero attached hydrogens (tertiary/aromatic N) is 1. The van der Waals surface area contributed by atoms with E-state index < -0.39 is 0 Å². The van der Waals surface area contributed by atoms with Gasteiger partial charge in [-0.1, -0.05) is 24.3 Å². The van der Waals surface area contributed by atoms with Crippen LogP contribution in [0.4, 0.5) is 0 Å². The topological polar surface area (TPSA) is 38.5 Å². The number of hydrogen-bond donors (Lipinski definition) is 1. The first-order chi connectivity index (χ1) is 9.31. The monoisotopic (exact) mass is 260 g/mol. The van der Waals surface area contributed by atoms with Gasteiger partial charge in [-0.25, -0.2) is 0 Å². The fraction of sp³-hybridized carbons (Fsp3) is 0.500. The van der Waals surface area contributed by atoms with Gasteiger partial charge in [-0.3, -0.25) is 4.90 Å². The van der Waals surface area contributed by atoms with E-state index in [2.05, 4.69) is 30.0 Å². The smallest absolute Gasteiger partial charge is 0.120 e. The lowest BCUT2D eigenvalue weighted by Gasteiger charge is -2.24. The Labute approximate surface area is 116 Å². The molecule has 0 amide bonds. The first kappa shape index (κ1) is 14.1. The second-order valence-electron chi connectivity index (χ2n) is 5.01. The molecule has 0 aliphatic carbocycles. The molecule has 1 aromatic rings. The number of nitrogens with two attached hydrogens (primary N) is 1. The number of benzene rings is 1. The minimum atomic E-state index is 0.477. The Morgan fingerprint density at radius 2 is 2.11 bits per heavy atom. The lowest BCUT2D eigenvalue weighted by Crippen LogP contribution is -2.23. The van der Waals surface area contributed by atoms with Crippen molar-refractivity contribution in [3.63, 3.8) is 0 Å². The van der Waals surface area contributed by atoms with Crippen molar-refractivity contribution < 1.29 is 4.74 Å². The van der Waals surface area contributed by atoms with Gasteiger partial charge in [0.1, 0.15) is 12.4 Å². The number of hydrogen-bond acceptors (Lipinski definition) is 3. The van der Waals surface area contributed by atoms with Crippen LogP contribution in [0, 0.1) is 0 Å². The molecule has 1 fully saturated rings. The quantitative estimate of drug-likeness (QED) is 0.799. The molecule has 1 unspecified atom stereocenters. The van der Waals surface area contributed by atoms with E-state index in [1.165, 1.54) is 31.5 Å². The van der Waals surface area contributed by atoms with E-state index in [1.807, 2.05) is 18.2 Å². The van der Waals surface area contributed by atoms with Crippen LogP contribution in [0.1, 0.15) is 31.4 Å². The summed E-state index contributed by atoms with van der Waals surface area (Å²) in [6, 6.07) is 8.90. The van der Waals surface area contributed by atoms with Gasteiger partial charge in [-0.2, -0.15) is 0 Å². The molecule has 19 heavy (non-hydrogen) atoms. The van der Waals surface area contributed by atoms with Crippen LogP contribution in [0.25, 0.3) is 0 Å². The molecule has 1 aromatic carbocycles. The summed E-state index contributed by atoms with van der Waals surface area (Å²) in [6.45, 7) is 5.85. The lowest BCUT2D eigenvalue weighted by molar-refractivity contribution is 0.262. The first-order valence-corrected chi connectivity index (χ1v) is 7.13. The standard InChI is InChI=1S/C16H24N2O/c1-14(18-10-3-4-11-18)15-7-6-8-16(13-15)19-12-5-2-9-17/h2,5-8,13-14H,3-4,9-12,17H2,1H3. The van der Waals surface area contributed by atoms with Gasteiger partial charge in [0.15, 0.2) is 0 Å². The summed E-state index contributed by atoms with van der Waals surface area (Å²) >= 11 is 0.